The third-order valence-electron chi connectivity index (χ3n) is 4.37. The number of esters is 1. The molecule has 3 rings (SSSR count). The Kier molecular flexibility index (Phi) is 7.46. The number of hydrogen-bond acceptors (Lipinski definition) is 7. The van der Waals surface area contributed by atoms with E-state index in [2.05, 4.69) is 9.98 Å². The number of aliphatic imine (C=N–C) groups is 1. The minimum atomic E-state index is -0.714. The van der Waals surface area contributed by atoms with Gasteiger partial charge in [-0.1, -0.05) is 23.2 Å². The molecular formula is C22H18Cl2N4O4. The molecule has 32 heavy (non-hydrogen) atoms. The van der Waals surface area contributed by atoms with Crippen molar-refractivity contribution in [1.29, 1.82) is 5.26 Å². The zero-order chi connectivity index (χ0) is 23.3. The zero-order valence-corrected chi connectivity index (χ0v) is 18.8. The van der Waals surface area contributed by atoms with Crippen LogP contribution in [0, 0.1) is 11.3 Å². The number of rotatable bonds is 8. The van der Waals surface area contributed by atoms with E-state index < -0.39 is 18.2 Å². The lowest BCUT2D eigenvalue weighted by molar-refractivity contribution is -0.144. The molecule has 0 amide bonds. The Morgan fingerprint density at radius 1 is 1.22 bits per heavy atom. The van der Waals surface area contributed by atoms with Crippen LogP contribution in [0.2, 0.25) is 10.0 Å². The summed E-state index contributed by atoms with van der Waals surface area (Å²) in [5.41, 5.74) is 1.90. The number of Topliss-reactive ketones (excluding diaryl/α,β-unsaturated/α-hetero) is 1. The van der Waals surface area contributed by atoms with Crippen LogP contribution in [-0.2, 0) is 27.9 Å². The molecule has 0 aliphatic carbocycles. The molecule has 0 atom stereocenters. The van der Waals surface area contributed by atoms with Crippen molar-refractivity contribution in [2.75, 3.05) is 6.61 Å². The summed E-state index contributed by atoms with van der Waals surface area (Å²) in [4.78, 5) is 31.7. The van der Waals surface area contributed by atoms with Gasteiger partial charge in [-0.3, -0.25) is 14.6 Å². The quantitative estimate of drug-likeness (QED) is 0.268. The molecule has 0 saturated heterocycles. The van der Waals surface area contributed by atoms with Gasteiger partial charge in [0.1, 0.15) is 18.2 Å². The molecule has 0 fully saturated rings. The summed E-state index contributed by atoms with van der Waals surface area (Å²) >= 11 is 12.7. The highest BCUT2D eigenvalue weighted by Gasteiger charge is 2.17. The molecule has 1 aromatic heterocycles. The van der Waals surface area contributed by atoms with Crippen molar-refractivity contribution in [1.82, 2.24) is 9.55 Å². The number of ether oxygens (including phenoxy) is 2. The van der Waals surface area contributed by atoms with Crippen LogP contribution in [0.5, 0.6) is 11.5 Å². The standard InChI is InChI=1S/C22H18Cl2N4O4/c1-3-31-21(30)9-20(29)18(10-25)26-11-13-6-15(23)22(16(24)7-13)32-14-4-5-17-19(8-14)28(2)12-27-17/h4-8,12H,3,9,11H2,1-2H3. The summed E-state index contributed by atoms with van der Waals surface area (Å²) in [6.07, 6.45) is 1.16. The summed E-state index contributed by atoms with van der Waals surface area (Å²) in [5, 5.41) is 9.66. The Bertz CT molecular complexity index is 1240. The van der Waals surface area contributed by atoms with Crippen LogP contribution in [0.4, 0.5) is 0 Å². The van der Waals surface area contributed by atoms with E-state index >= 15 is 0 Å². The second-order valence-electron chi connectivity index (χ2n) is 6.68. The van der Waals surface area contributed by atoms with Gasteiger partial charge in [0.15, 0.2) is 11.5 Å². The highest BCUT2D eigenvalue weighted by Crippen LogP contribution is 2.38. The molecule has 0 aliphatic rings. The fourth-order valence-corrected chi connectivity index (χ4v) is 3.48. The monoisotopic (exact) mass is 472 g/mol. The predicted octanol–water partition coefficient (Wildman–Crippen LogP) is 4.66. The van der Waals surface area contributed by atoms with Gasteiger partial charge in [0.2, 0.25) is 5.78 Å². The van der Waals surface area contributed by atoms with Gasteiger partial charge in [0.05, 0.1) is 40.6 Å². The van der Waals surface area contributed by atoms with Gasteiger partial charge in [-0.15, -0.1) is 0 Å². The van der Waals surface area contributed by atoms with Gasteiger partial charge in [-0.25, -0.2) is 4.98 Å². The van der Waals surface area contributed by atoms with Crippen molar-refractivity contribution in [3.63, 3.8) is 0 Å². The number of aromatic nitrogens is 2. The molecule has 0 aliphatic heterocycles. The molecular weight excluding hydrogens is 455 g/mol. The minimum Gasteiger partial charge on any atom is -0.466 e. The lowest BCUT2D eigenvalue weighted by Crippen LogP contribution is -2.18. The number of nitrogens with zero attached hydrogens (tertiary/aromatic N) is 4. The van der Waals surface area contributed by atoms with Gasteiger partial charge in [0.25, 0.3) is 0 Å². The first-order valence-electron chi connectivity index (χ1n) is 9.52. The minimum absolute atomic E-state index is 0.0296. The lowest BCUT2D eigenvalue weighted by atomic mass is 10.2. The van der Waals surface area contributed by atoms with Crippen molar-refractivity contribution in [3.05, 3.63) is 52.3 Å². The normalized spacial score (nSPS) is 11.3. The fraction of sp³-hybridized carbons (Fsp3) is 0.227. The number of fused-ring (bicyclic) bond motifs is 1. The molecule has 10 heteroatoms. The SMILES string of the molecule is CCOC(=O)CC(=O)C(C#N)=NCc1cc(Cl)c(Oc2ccc3ncn(C)c3c2)c(Cl)c1. The van der Waals surface area contributed by atoms with Crippen molar-refractivity contribution in [2.24, 2.45) is 12.0 Å². The zero-order valence-electron chi connectivity index (χ0n) is 17.3. The number of hydrogen-bond donors (Lipinski definition) is 0. The van der Waals surface area contributed by atoms with Crippen LogP contribution in [0.3, 0.4) is 0 Å². The second-order valence-corrected chi connectivity index (χ2v) is 7.49. The number of halogens is 2. The lowest BCUT2D eigenvalue weighted by Gasteiger charge is -2.11. The Labute approximate surface area is 194 Å². The van der Waals surface area contributed by atoms with Crippen molar-refractivity contribution < 1.29 is 19.1 Å². The summed E-state index contributed by atoms with van der Waals surface area (Å²) in [7, 11) is 1.88. The third kappa shape index (κ3) is 5.44. The summed E-state index contributed by atoms with van der Waals surface area (Å²) < 4.78 is 12.5. The molecule has 0 unspecified atom stereocenters. The topological polar surface area (TPSA) is 107 Å². The maximum absolute atomic E-state index is 12.0. The number of carbonyl (C=O) groups excluding carboxylic acids is 2. The molecule has 164 valence electrons. The summed E-state index contributed by atoms with van der Waals surface area (Å²) in [6, 6.07) is 10.3. The smallest absolute Gasteiger partial charge is 0.313 e. The van der Waals surface area contributed by atoms with E-state index in [9.17, 15) is 14.9 Å². The molecule has 0 spiro atoms. The van der Waals surface area contributed by atoms with E-state index in [1.54, 1.807) is 37.5 Å². The maximum atomic E-state index is 12.0. The van der Waals surface area contributed by atoms with E-state index in [1.165, 1.54) is 0 Å². The van der Waals surface area contributed by atoms with E-state index in [-0.39, 0.29) is 34.7 Å². The first-order chi connectivity index (χ1) is 15.3. The van der Waals surface area contributed by atoms with Crippen molar-refractivity contribution >= 4 is 51.7 Å². The Balaban J connectivity index is 1.76. The van der Waals surface area contributed by atoms with Crippen LogP contribution in [-0.4, -0.2) is 33.6 Å². The molecule has 0 radical (unpaired) electrons. The molecule has 1 heterocycles. The second kappa shape index (κ2) is 10.3. The van der Waals surface area contributed by atoms with Crippen molar-refractivity contribution in [2.45, 2.75) is 19.9 Å². The van der Waals surface area contributed by atoms with E-state index in [4.69, 9.17) is 32.7 Å². The Morgan fingerprint density at radius 3 is 2.59 bits per heavy atom. The maximum Gasteiger partial charge on any atom is 0.313 e. The highest BCUT2D eigenvalue weighted by molar-refractivity contribution is 6.48. The van der Waals surface area contributed by atoms with E-state index in [0.717, 1.165) is 11.0 Å². The molecule has 0 saturated carbocycles. The van der Waals surface area contributed by atoms with Crippen LogP contribution >= 0.6 is 23.2 Å². The van der Waals surface area contributed by atoms with Gasteiger partial charge in [-0.2, -0.15) is 5.26 Å². The predicted molar refractivity (Wildman–Crippen MR) is 120 cm³/mol. The average Bonchev–Trinajstić information content (AvgIpc) is 3.11. The van der Waals surface area contributed by atoms with Crippen LogP contribution in [0.15, 0.2) is 41.7 Å². The molecule has 2 aromatic carbocycles. The largest absolute Gasteiger partial charge is 0.466 e. The van der Waals surface area contributed by atoms with Gasteiger partial charge >= 0.3 is 5.97 Å². The van der Waals surface area contributed by atoms with Crippen molar-refractivity contribution in [3.8, 4) is 17.6 Å². The number of nitriles is 1. The summed E-state index contributed by atoms with van der Waals surface area (Å²) in [5.74, 6) is -0.625. The number of ketones is 1. The van der Waals surface area contributed by atoms with E-state index in [1.807, 2.05) is 23.7 Å². The van der Waals surface area contributed by atoms with Gasteiger partial charge < -0.3 is 14.0 Å². The van der Waals surface area contributed by atoms with Crippen LogP contribution in [0.1, 0.15) is 18.9 Å². The molecule has 8 nitrogen and oxygen atoms in total. The fourth-order valence-electron chi connectivity index (χ4n) is 2.87. The number of aryl methyl sites for hydroxylation is 1. The third-order valence-corrected chi connectivity index (χ3v) is 4.94. The molecule has 0 N–H and O–H groups in total. The van der Waals surface area contributed by atoms with E-state index in [0.29, 0.717) is 11.3 Å². The highest BCUT2D eigenvalue weighted by atomic mass is 35.5. The average molecular weight is 473 g/mol. The van der Waals surface area contributed by atoms with Crippen LogP contribution < -0.4 is 4.74 Å². The Hall–Kier alpha value is -3.41. The molecule has 0 bridgehead atoms. The number of imidazole rings is 1. The van der Waals surface area contributed by atoms with Crippen LogP contribution in [0.25, 0.3) is 11.0 Å². The van der Waals surface area contributed by atoms with Gasteiger partial charge in [-0.05, 0) is 36.8 Å². The number of carbonyl (C=O) groups is 2. The Morgan fingerprint density at radius 2 is 1.94 bits per heavy atom. The number of benzene rings is 2. The first kappa shape index (κ1) is 23.3. The summed E-state index contributed by atoms with van der Waals surface area (Å²) in [6.45, 7) is 1.74. The first-order valence-corrected chi connectivity index (χ1v) is 10.3. The molecule has 3 aromatic rings. The van der Waals surface area contributed by atoms with Gasteiger partial charge in [0, 0.05) is 13.1 Å².